The van der Waals surface area contributed by atoms with Crippen LogP contribution in [0.25, 0.3) is 0 Å². The van der Waals surface area contributed by atoms with Gasteiger partial charge in [0, 0.05) is 32.4 Å². The van der Waals surface area contributed by atoms with E-state index in [0.717, 1.165) is 38.2 Å². The Kier molecular flexibility index (Phi) is 3.85. The van der Waals surface area contributed by atoms with E-state index in [-0.39, 0.29) is 11.9 Å². The second kappa shape index (κ2) is 5.37. The van der Waals surface area contributed by atoms with Crippen LogP contribution in [0.4, 0.5) is 4.39 Å². The topological polar surface area (TPSA) is 25.4 Å². The Morgan fingerprint density at radius 3 is 3.25 bits per heavy atom. The number of aromatic nitrogens is 1. The first-order valence-corrected chi connectivity index (χ1v) is 5.67. The van der Waals surface area contributed by atoms with Gasteiger partial charge in [0.25, 0.3) is 0 Å². The molecule has 1 atom stereocenters. The standard InChI is InChI=1S/C12H17FN2O/c1-10-8-15(3-2-4-16-10)9-11-5-12(13)7-14-6-11/h5-7,10H,2-4,8-9H2,1H3. The fourth-order valence-electron chi connectivity index (χ4n) is 2.02. The zero-order valence-electron chi connectivity index (χ0n) is 9.53. The average Bonchev–Trinajstić information content (AvgIpc) is 2.43. The monoisotopic (exact) mass is 224 g/mol. The molecule has 2 heterocycles. The van der Waals surface area contributed by atoms with Crippen molar-refractivity contribution in [1.82, 2.24) is 9.88 Å². The smallest absolute Gasteiger partial charge is 0.141 e. The van der Waals surface area contributed by atoms with E-state index in [9.17, 15) is 4.39 Å². The lowest BCUT2D eigenvalue weighted by molar-refractivity contribution is 0.0668. The molecule has 1 fully saturated rings. The molecule has 0 amide bonds. The van der Waals surface area contributed by atoms with Crippen LogP contribution in [0.5, 0.6) is 0 Å². The number of hydrogen-bond donors (Lipinski definition) is 0. The summed E-state index contributed by atoms with van der Waals surface area (Å²) in [6.45, 7) is 5.54. The van der Waals surface area contributed by atoms with Gasteiger partial charge in [0.1, 0.15) is 5.82 Å². The van der Waals surface area contributed by atoms with Crippen molar-refractivity contribution in [3.05, 3.63) is 29.8 Å². The molecule has 4 heteroatoms. The second-order valence-electron chi connectivity index (χ2n) is 4.28. The third-order valence-electron chi connectivity index (χ3n) is 2.70. The molecule has 0 aliphatic carbocycles. The molecule has 1 saturated heterocycles. The Morgan fingerprint density at radius 2 is 2.44 bits per heavy atom. The largest absolute Gasteiger partial charge is 0.377 e. The van der Waals surface area contributed by atoms with Gasteiger partial charge in [0.05, 0.1) is 12.3 Å². The number of halogens is 1. The van der Waals surface area contributed by atoms with Crippen molar-refractivity contribution in [1.29, 1.82) is 0 Å². The van der Waals surface area contributed by atoms with Crippen LogP contribution in [0.1, 0.15) is 18.9 Å². The summed E-state index contributed by atoms with van der Waals surface area (Å²) in [7, 11) is 0. The van der Waals surface area contributed by atoms with E-state index in [1.54, 1.807) is 12.3 Å². The summed E-state index contributed by atoms with van der Waals surface area (Å²) in [5.74, 6) is -0.267. The molecule has 1 aliphatic rings. The Bertz CT molecular complexity index is 346. The molecule has 2 rings (SSSR count). The van der Waals surface area contributed by atoms with Gasteiger partial charge in [-0.05, 0) is 25.0 Å². The van der Waals surface area contributed by atoms with Crippen LogP contribution in [0, 0.1) is 5.82 Å². The highest BCUT2D eigenvalue weighted by molar-refractivity contribution is 5.09. The van der Waals surface area contributed by atoms with Crippen LogP contribution in [-0.4, -0.2) is 35.7 Å². The third-order valence-corrected chi connectivity index (χ3v) is 2.70. The first-order chi connectivity index (χ1) is 7.74. The highest BCUT2D eigenvalue weighted by Crippen LogP contribution is 2.10. The number of hydrogen-bond acceptors (Lipinski definition) is 3. The van der Waals surface area contributed by atoms with E-state index in [2.05, 4.69) is 16.8 Å². The van der Waals surface area contributed by atoms with Crippen molar-refractivity contribution in [2.45, 2.75) is 26.0 Å². The van der Waals surface area contributed by atoms with E-state index < -0.39 is 0 Å². The Morgan fingerprint density at radius 1 is 1.56 bits per heavy atom. The van der Waals surface area contributed by atoms with Crippen molar-refractivity contribution in [2.24, 2.45) is 0 Å². The molecular weight excluding hydrogens is 207 g/mol. The molecule has 0 saturated carbocycles. The summed E-state index contributed by atoms with van der Waals surface area (Å²) < 4.78 is 18.5. The third kappa shape index (κ3) is 3.25. The zero-order chi connectivity index (χ0) is 11.4. The molecule has 0 radical (unpaired) electrons. The minimum atomic E-state index is -0.267. The van der Waals surface area contributed by atoms with Crippen LogP contribution < -0.4 is 0 Å². The molecule has 1 aliphatic heterocycles. The van der Waals surface area contributed by atoms with Crippen molar-refractivity contribution < 1.29 is 9.13 Å². The van der Waals surface area contributed by atoms with E-state index in [1.807, 2.05) is 0 Å². The average molecular weight is 224 g/mol. The Balaban J connectivity index is 1.97. The fourth-order valence-corrected chi connectivity index (χ4v) is 2.02. The van der Waals surface area contributed by atoms with Crippen LogP contribution >= 0.6 is 0 Å². The molecule has 1 unspecified atom stereocenters. The summed E-state index contributed by atoms with van der Waals surface area (Å²) in [6.07, 6.45) is 4.24. The van der Waals surface area contributed by atoms with E-state index in [4.69, 9.17) is 4.74 Å². The molecular formula is C12H17FN2O. The summed E-state index contributed by atoms with van der Waals surface area (Å²) in [5.41, 5.74) is 0.925. The highest BCUT2D eigenvalue weighted by atomic mass is 19.1. The van der Waals surface area contributed by atoms with Crippen molar-refractivity contribution in [3.63, 3.8) is 0 Å². The molecule has 0 aromatic carbocycles. The molecule has 0 bridgehead atoms. The predicted molar refractivity (Wildman–Crippen MR) is 59.5 cm³/mol. The number of ether oxygens (including phenoxy) is 1. The fraction of sp³-hybridized carbons (Fsp3) is 0.583. The lowest BCUT2D eigenvalue weighted by atomic mass is 10.2. The predicted octanol–water partition coefficient (Wildman–Crippen LogP) is 1.83. The molecule has 3 nitrogen and oxygen atoms in total. The van der Waals surface area contributed by atoms with E-state index >= 15 is 0 Å². The number of rotatable bonds is 2. The number of nitrogens with zero attached hydrogens (tertiary/aromatic N) is 2. The maximum absolute atomic E-state index is 13.0. The second-order valence-corrected chi connectivity index (χ2v) is 4.28. The van der Waals surface area contributed by atoms with Gasteiger partial charge in [-0.3, -0.25) is 9.88 Å². The van der Waals surface area contributed by atoms with E-state index in [1.165, 1.54) is 6.20 Å². The summed E-state index contributed by atoms with van der Waals surface area (Å²) in [5, 5.41) is 0. The summed E-state index contributed by atoms with van der Waals surface area (Å²) in [4.78, 5) is 6.15. The van der Waals surface area contributed by atoms with Crippen LogP contribution in [0.3, 0.4) is 0 Å². The summed E-state index contributed by atoms with van der Waals surface area (Å²) in [6, 6.07) is 1.55. The van der Waals surface area contributed by atoms with Gasteiger partial charge in [0.15, 0.2) is 0 Å². The van der Waals surface area contributed by atoms with Crippen LogP contribution in [-0.2, 0) is 11.3 Å². The van der Waals surface area contributed by atoms with E-state index in [0.29, 0.717) is 0 Å². The van der Waals surface area contributed by atoms with Crippen molar-refractivity contribution in [2.75, 3.05) is 19.7 Å². The lowest BCUT2D eigenvalue weighted by Gasteiger charge is -2.21. The normalized spacial score (nSPS) is 23.0. The molecule has 0 spiro atoms. The minimum Gasteiger partial charge on any atom is -0.377 e. The number of pyridine rings is 1. The van der Waals surface area contributed by atoms with Gasteiger partial charge in [-0.25, -0.2) is 4.39 Å². The first-order valence-electron chi connectivity index (χ1n) is 5.67. The summed E-state index contributed by atoms with van der Waals surface area (Å²) >= 11 is 0. The van der Waals surface area contributed by atoms with Crippen LogP contribution in [0.2, 0.25) is 0 Å². The molecule has 1 aromatic heterocycles. The maximum atomic E-state index is 13.0. The molecule has 1 aromatic rings. The quantitative estimate of drug-likeness (QED) is 0.766. The van der Waals surface area contributed by atoms with Gasteiger partial charge in [-0.15, -0.1) is 0 Å². The van der Waals surface area contributed by atoms with Gasteiger partial charge in [-0.2, -0.15) is 0 Å². The SMILES string of the molecule is CC1CN(Cc2cncc(F)c2)CCCO1. The highest BCUT2D eigenvalue weighted by Gasteiger charge is 2.15. The minimum absolute atomic E-state index is 0.254. The van der Waals surface area contributed by atoms with Crippen LogP contribution in [0.15, 0.2) is 18.5 Å². The Hall–Kier alpha value is -1.00. The zero-order valence-corrected chi connectivity index (χ0v) is 9.53. The van der Waals surface area contributed by atoms with Gasteiger partial charge in [-0.1, -0.05) is 0 Å². The maximum Gasteiger partial charge on any atom is 0.141 e. The van der Waals surface area contributed by atoms with Crippen molar-refractivity contribution in [3.8, 4) is 0 Å². The lowest BCUT2D eigenvalue weighted by Crippen LogP contribution is -2.29. The molecule has 16 heavy (non-hydrogen) atoms. The van der Waals surface area contributed by atoms with Crippen molar-refractivity contribution >= 4 is 0 Å². The molecule has 0 N–H and O–H groups in total. The van der Waals surface area contributed by atoms with Gasteiger partial charge in [0.2, 0.25) is 0 Å². The van der Waals surface area contributed by atoms with Gasteiger partial charge >= 0.3 is 0 Å². The molecule has 88 valence electrons. The van der Waals surface area contributed by atoms with Gasteiger partial charge < -0.3 is 4.74 Å². The Labute approximate surface area is 95.2 Å². The first kappa shape index (κ1) is 11.5.